The van der Waals surface area contributed by atoms with Crippen LogP contribution in [0.5, 0.6) is 0 Å². The van der Waals surface area contributed by atoms with Crippen LogP contribution in [-0.2, 0) is 9.53 Å². The maximum Gasteiger partial charge on any atom is 0.338 e. The molecule has 1 atom stereocenters. The Labute approximate surface area is 189 Å². The van der Waals surface area contributed by atoms with Crippen LogP contribution in [0.3, 0.4) is 0 Å². The zero-order chi connectivity index (χ0) is 23.5. The van der Waals surface area contributed by atoms with Crippen LogP contribution in [0.4, 0.5) is 11.4 Å². The van der Waals surface area contributed by atoms with E-state index in [0.717, 1.165) is 4.90 Å². The van der Waals surface area contributed by atoms with E-state index in [-0.39, 0.29) is 11.1 Å². The monoisotopic (exact) mass is 439 g/mol. The minimum Gasteiger partial charge on any atom is -0.449 e. The van der Waals surface area contributed by atoms with Crippen LogP contribution in [-0.4, -0.2) is 29.8 Å². The van der Waals surface area contributed by atoms with E-state index < -0.39 is 29.8 Å². The normalized spacial score (nSPS) is 13.2. The van der Waals surface area contributed by atoms with E-state index in [0.29, 0.717) is 22.5 Å². The van der Waals surface area contributed by atoms with Gasteiger partial charge in [0, 0.05) is 0 Å². The minimum absolute atomic E-state index is 0.146. The Morgan fingerprint density at radius 2 is 1.48 bits per heavy atom. The highest BCUT2D eigenvalue weighted by Gasteiger charge is 2.36. The molecule has 0 bridgehead atoms. The predicted molar refractivity (Wildman–Crippen MR) is 119 cm³/mol. The molecule has 1 heterocycles. The van der Waals surface area contributed by atoms with Gasteiger partial charge < -0.3 is 10.1 Å². The van der Waals surface area contributed by atoms with Crippen LogP contribution in [0.15, 0.2) is 72.8 Å². The molecule has 162 valence electrons. The molecular formula is C25H17N3O5. The quantitative estimate of drug-likeness (QED) is 0.480. The summed E-state index contributed by atoms with van der Waals surface area (Å²) in [6.45, 7) is 1.41. The average molecular weight is 439 g/mol. The van der Waals surface area contributed by atoms with Gasteiger partial charge in [-0.05, 0) is 55.5 Å². The lowest BCUT2D eigenvalue weighted by Crippen LogP contribution is -2.30. The Morgan fingerprint density at radius 1 is 0.909 bits per heavy atom. The van der Waals surface area contributed by atoms with Crippen molar-refractivity contribution in [3.05, 3.63) is 95.1 Å². The van der Waals surface area contributed by atoms with Gasteiger partial charge in [0.15, 0.2) is 6.10 Å². The van der Waals surface area contributed by atoms with Gasteiger partial charge in [0.2, 0.25) is 0 Å². The minimum atomic E-state index is -1.12. The third-order valence-electron chi connectivity index (χ3n) is 5.11. The summed E-state index contributed by atoms with van der Waals surface area (Å²) in [6, 6.07) is 20.7. The zero-order valence-electron chi connectivity index (χ0n) is 17.4. The Hall–Kier alpha value is -4.77. The average Bonchev–Trinajstić information content (AvgIpc) is 3.09. The number of nitrogens with zero attached hydrogens (tertiary/aromatic N) is 2. The first-order valence-electron chi connectivity index (χ1n) is 9.99. The highest BCUT2D eigenvalue weighted by Crippen LogP contribution is 2.28. The highest BCUT2D eigenvalue weighted by atomic mass is 16.5. The zero-order valence-corrected chi connectivity index (χ0v) is 17.4. The van der Waals surface area contributed by atoms with Gasteiger partial charge in [0.1, 0.15) is 6.07 Å². The smallest absolute Gasteiger partial charge is 0.338 e. The molecule has 1 aliphatic rings. The molecule has 8 heteroatoms. The standard InChI is InChI=1S/C25H17N3O5/c1-15(22(29)27-21-9-5-2-6-17(21)14-26)33-25(32)16-10-12-18(13-11-16)28-23(30)19-7-3-4-8-20(19)24(28)31/h2-13,15H,1H3,(H,27,29). The Bertz CT molecular complexity index is 1290. The van der Waals surface area contributed by atoms with Crippen LogP contribution >= 0.6 is 0 Å². The van der Waals surface area contributed by atoms with Crippen LogP contribution in [0, 0.1) is 11.3 Å². The van der Waals surface area contributed by atoms with Crippen molar-refractivity contribution >= 4 is 35.1 Å². The molecule has 0 aromatic heterocycles. The number of para-hydroxylation sites is 1. The van der Waals surface area contributed by atoms with Crippen molar-refractivity contribution in [1.82, 2.24) is 0 Å². The summed E-state index contributed by atoms with van der Waals surface area (Å²) in [6.07, 6.45) is -1.12. The number of esters is 1. The SMILES string of the molecule is CC(OC(=O)c1ccc(N2C(=O)c3ccccc3C2=O)cc1)C(=O)Nc1ccccc1C#N. The molecule has 0 aliphatic carbocycles. The van der Waals surface area contributed by atoms with E-state index in [1.165, 1.54) is 31.2 Å². The fourth-order valence-electron chi connectivity index (χ4n) is 3.38. The van der Waals surface area contributed by atoms with Gasteiger partial charge in [-0.25, -0.2) is 9.69 Å². The predicted octanol–water partition coefficient (Wildman–Crippen LogP) is 3.54. The second-order valence-electron chi connectivity index (χ2n) is 7.23. The van der Waals surface area contributed by atoms with Gasteiger partial charge in [-0.15, -0.1) is 0 Å². The number of hydrogen-bond donors (Lipinski definition) is 1. The number of hydrogen-bond acceptors (Lipinski definition) is 6. The van der Waals surface area contributed by atoms with E-state index in [9.17, 15) is 19.2 Å². The van der Waals surface area contributed by atoms with Crippen molar-refractivity contribution in [2.24, 2.45) is 0 Å². The summed E-state index contributed by atoms with van der Waals surface area (Å²) in [4.78, 5) is 51.1. The van der Waals surface area contributed by atoms with Crippen LogP contribution in [0.1, 0.15) is 43.6 Å². The first kappa shape index (κ1) is 21.5. The van der Waals surface area contributed by atoms with Gasteiger partial charge in [-0.3, -0.25) is 14.4 Å². The molecule has 0 fully saturated rings. The molecule has 0 saturated heterocycles. The van der Waals surface area contributed by atoms with Gasteiger partial charge in [0.25, 0.3) is 17.7 Å². The summed E-state index contributed by atoms with van der Waals surface area (Å²) in [5.41, 5.74) is 1.71. The van der Waals surface area contributed by atoms with E-state index in [4.69, 9.17) is 10.00 Å². The van der Waals surface area contributed by atoms with Crippen molar-refractivity contribution in [3.63, 3.8) is 0 Å². The molecule has 0 radical (unpaired) electrons. The van der Waals surface area contributed by atoms with Crippen LogP contribution in [0.25, 0.3) is 0 Å². The first-order valence-corrected chi connectivity index (χ1v) is 9.99. The van der Waals surface area contributed by atoms with Crippen molar-refractivity contribution in [2.75, 3.05) is 10.2 Å². The Kier molecular flexibility index (Phi) is 5.70. The highest BCUT2D eigenvalue weighted by molar-refractivity contribution is 6.34. The fraction of sp³-hybridized carbons (Fsp3) is 0.0800. The largest absolute Gasteiger partial charge is 0.449 e. The maximum atomic E-state index is 12.6. The van der Waals surface area contributed by atoms with Crippen molar-refractivity contribution in [3.8, 4) is 6.07 Å². The lowest BCUT2D eigenvalue weighted by atomic mass is 10.1. The number of ether oxygens (including phenoxy) is 1. The van der Waals surface area contributed by atoms with Gasteiger partial charge in [-0.1, -0.05) is 24.3 Å². The number of amides is 3. The van der Waals surface area contributed by atoms with Gasteiger partial charge in [-0.2, -0.15) is 5.26 Å². The number of anilines is 2. The van der Waals surface area contributed by atoms with E-state index in [1.54, 1.807) is 48.5 Å². The molecular weight excluding hydrogens is 422 g/mol. The molecule has 1 unspecified atom stereocenters. The molecule has 1 N–H and O–H groups in total. The van der Waals surface area contributed by atoms with Crippen LogP contribution < -0.4 is 10.2 Å². The number of rotatable bonds is 5. The molecule has 0 spiro atoms. The number of carbonyl (C=O) groups excluding carboxylic acids is 4. The molecule has 3 aromatic rings. The lowest BCUT2D eigenvalue weighted by molar-refractivity contribution is -0.123. The molecule has 8 nitrogen and oxygen atoms in total. The fourth-order valence-corrected chi connectivity index (χ4v) is 3.38. The number of benzene rings is 3. The maximum absolute atomic E-state index is 12.6. The number of carbonyl (C=O) groups is 4. The molecule has 1 aliphatic heterocycles. The topological polar surface area (TPSA) is 117 Å². The molecule has 3 amide bonds. The van der Waals surface area contributed by atoms with Crippen molar-refractivity contribution in [1.29, 1.82) is 5.26 Å². The summed E-state index contributed by atoms with van der Waals surface area (Å²) in [5.74, 6) is -2.21. The van der Waals surface area contributed by atoms with E-state index in [2.05, 4.69) is 5.32 Å². The first-order chi connectivity index (χ1) is 15.9. The van der Waals surface area contributed by atoms with Gasteiger partial charge in [0.05, 0.1) is 33.6 Å². The molecule has 4 rings (SSSR count). The Balaban J connectivity index is 1.43. The number of nitriles is 1. The Morgan fingerprint density at radius 3 is 2.09 bits per heavy atom. The summed E-state index contributed by atoms with van der Waals surface area (Å²) in [5, 5.41) is 11.7. The third-order valence-corrected chi connectivity index (χ3v) is 5.11. The number of nitrogens with one attached hydrogen (secondary N) is 1. The molecule has 3 aromatic carbocycles. The summed E-state index contributed by atoms with van der Waals surface area (Å²) in [7, 11) is 0. The van der Waals surface area contributed by atoms with Crippen molar-refractivity contribution < 1.29 is 23.9 Å². The lowest BCUT2D eigenvalue weighted by Gasteiger charge is -2.16. The summed E-state index contributed by atoms with van der Waals surface area (Å²) < 4.78 is 5.22. The van der Waals surface area contributed by atoms with E-state index >= 15 is 0 Å². The second kappa shape index (κ2) is 8.77. The molecule has 0 saturated carbocycles. The summed E-state index contributed by atoms with van der Waals surface area (Å²) >= 11 is 0. The number of imide groups is 1. The second-order valence-corrected chi connectivity index (χ2v) is 7.23. The van der Waals surface area contributed by atoms with Gasteiger partial charge >= 0.3 is 5.97 Å². The van der Waals surface area contributed by atoms with Crippen LogP contribution in [0.2, 0.25) is 0 Å². The number of fused-ring (bicyclic) bond motifs is 1. The molecule has 33 heavy (non-hydrogen) atoms. The van der Waals surface area contributed by atoms with E-state index in [1.807, 2.05) is 6.07 Å². The third kappa shape index (κ3) is 4.07. The van der Waals surface area contributed by atoms with Crippen molar-refractivity contribution in [2.45, 2.75) is 13.0 Å².